The van der Waals surface area contributed by atoms with Gasteiger partial charge in [-0.15, -0.1) is 0 Å². The topological polar surface area (TPSA) is 54.4 Å². The number of aromatic nitrogens is 2. The zero-order valence-corrected chi connectivity index (χ0v) is 16.6. The van der Waals surface area contributed by atoms with Crippen LogP contribution in [0.15, 0.2) is 53.2 Å². The Labute approximate surface area is 166 Å². The van der Waals surface area contributed by atoms with E-state index in [2.05, 4.69) is 40.7 Å². The maximum absolute atomic E-state index is 9.49. The van der Waals surface area contributed by atoms with Crippen molar-refractivity contribution in [2.24, 2.45) is 5.92 Å². The van der Waals surface area contributed by atoms with Gasteiger partial charge in [-0.2, -0.15) is 0 Å². The number of imidazole rings is 1. The Bertz CT molecular complexity index is 884. The molecule has 0 aliphatic carbocycles. The first kappa shape index (κ1) is 19.0. The molecule has 148 valence electrons. The van der Waals surface area contributed by atoms with Gasteiger partial charge in [0.05, 0.1) is 12.0 Å². The van der Waals surface area contributed by atoms with E-state index in [1.165, 1.54) is 0 Å². The molecule has 2 aromatic heterocycles. The van der Waals surface area contributed by atoms with E-state index in [9.17, 15) is 5.11 Å². The Kier molecular flexibility index (Phi) is 5.93. The van der Waals surface area contributed by atoms with Crippen LogP contribution >= 0.6 is 0 Å². The highest BCUT2D eigenvalue weighted by molar-refractivity contribution is 5.76. The Balaban J connectivity index is 1.61. The Morgan fingerprint density at radius 1 is 1.14 bits per heavy atom. The number of hydrogen-bond acceptors (Lipinski definition) is 4. The molecule has 0 spiro atoms. The van der Waals surface area contributed by atoms with Crippen LogP contribution < -0.4 is 0 Å². The number of likely N-dealkylation sites (tertiary alicyclic amines) is 1. The zero-order chi connectivity index (χ0) is 19.3. The summed E-state index contributed by atoms with van der Waals surface area (Å²) >= 11 is 0. The summed E-state index contributed by atoms with van der Waals surface area (Å²) in [5.74, 6) is 2.27. The average molecular weight is 380 g/mol. The molecule has 1 saturated heterocycles. The largest absolute Gasteiger partial charge is 0.459 e. The van der Waals surface area contributed by atoms with Crippen LogP contribution in [0.2, 0.25) is 0 Å². The van der Waals surface area contributed by atoms with Gasteiger partial charge >= 0.3 is 0 Å². The van der Waals surface area contributed by atoms with Gasteiger partial charge in [0.25, 0.3) is 0 Å². The van der Waals surface area contributed by atoms with Gasteiger partial charge in [-0.25, -0.2) is 4.98 Å². The smallest absolute Gasteiger partial charge is 0.152 e. The van der Waals surface area contributed by atoms with Crippen LogP contribution in [0, 0.1) is 5.92 Å². The third kappa shape index (κ3) is 4.05. The van der Waals surface area contributed by atoms with Crippen LogP contribution in [0.1, 0.15) is 25.5 Å². The number of nitrogens with zero attached hydrogens (tertiary/aromatic N) is 3. The first-order valence-electron chi connectivity index (χ1n) is 10.3. The van der Waals surface area contributed by atoms with Crippen molar-refractivity contribution in [2.75, 3.05) is 26.2 Å². The summed E-state index contributed by atoms with van der Waals surface area (Å²) in [5.41, 5.74) is 3.11. The fourth-order valence-corrected chi connectivity index (χ4v) is 4.07. The highest BCUT2D eigenvalue weighted by Gasteiger charge is 2.21. The monoisotopic (exact) mass is 379 g/mol. The van der Waals surface area contributed by atoms with E-state index >= 15 is 0 Å². The molecule has 1 atom stereocenters. The molecule has 1 aliphatic rings. The minimum Gasteiger partial charge on any atom is -0.459 e. The highest BCUT2D eigenvalue weighted by Crippen LogP contribution is 2.32. The van der Waals surface area contributed by atoms with Crippen LogP contribution in [-0.2, 0) is 13.0 Å². The molecular formula is C23H29N3O2. The Morgan fingerprint density at radius 2 is 2.00 bits per heavy atom. The maximum atomic E-state index is 9.49. The molecule has 5 heteroatoms. The molecule has 3 aromatic rings. The number of piperidine rings is 1. The van der Waals surface area contributed by atoms with E-state index in [0.29, 0.717) is 5.92 Å². The van der Waals surface area contributed by atoms with Gasteiger partial charge in [-0.1, -0.05) is 37.3 Å². The van der Waals surface area contributed by atoms with E-state index in [1.807, 2.05) is 24.5 Å². The van der Waals surface area contributed by atoms with Crippen LogP contribution in [-0.4, -0.2) is 45.8 Å². The Morgan fingerprint density at radius 3 is 2.75 bits per heavy atom. The first-order valence-corrected chi connectivity index (χ1v) is 10.3. The van der Waals surface area contributed by atoms with E-state index in [4.69, 9.17) is 9.40 Å². The third-order valence-corrected chi connectivity index (χ3v) is 5.65. The molecule has 0 amide bonds. The van der Waals surface area contributed by atoms with Gasteiger partial charge < -0.3 is 19.0 Å². The van der Waals surface area contributed by atoms with Gasteiger partial charge in [-0.05, 0) is 37.4 Å². The van der Waals surface area contributed by atoms with E-state index in [1.54, 1.807) is 0 Å². The summed E-state index contributed by atoms with van der Waals surface area (Å²) in [6.45, 7) is 6.29. The quantitative estimate of drug-likeness (QED) is 0.672. The lowest BCUT2D eigenvalue weighted by atomic mass is 9.99. The summed E-state index contributed by atoms with van der Waals surface area (Å²) in [6, 6.07) is 14.4. The van der Waals surface area contributed by atoms with Crippen molar-refractivity contribution in [3.05, 3.63) is 54.6 Å². The molecule has 3 heterocycles. The zero-order valence-electron chi connectivity index (χ0n) is 16.6. The second kappa shape index (κ2) is 8.76. The number of benzene rings is 1. The van der Waals surface area contributed by atoms with Crippen molar-refractivity contribution < 1.29 is 9.52 Å². The summed E-state index contributed by atoms with van der Waals surface area (Å²) in [5, 5.41) is 9.49. The van der Waals surface area contributed by atoms with E-state index < -0.39 is 0 Å². The highest BCUT2D eigenvalue weighted by atomic mass is 16.3. The van der Waals surface area contributed by atoms with Crippen molar-refractivity contribution in [1.82, 2.24) is 14.5 Å². The normalized spacial score (nSPS) is 17.9. The third-order valence-electron chi connectivity index (χ3n) is 5.65. The van der Waals surface area contributed by atoms with Crippen LogP contribution in [0.25, 0.3) is 22.7 Å². The number of aliphatic hydroxyl groups excluding tert-OH is 1. The maximum Gasteiger partial charge on any atom is 0.152 e. The number of furan rings is 1. The molecule has 1 aliphatic heterocycles. The van der Waals surface area contributed by atoms with Crippen molar-refractivity contribution >= 4 is 0 Å². The van der Waals surface area contributed by atoms with E-state index in [-0.39, 0.29) is 6.61 Å². The molecule has 0 bridgehead atoms. The molecule has 5 nitrogen and oxygen atoms in total. The van der Waals surface area contributed by atoms with Gasteiger partial charge in [0.1, 0.15) is 11.5 Å². The van der Waals surface area contributed by atoms with Crippen LogP contribution in [0.3, 0.4) is 0 Å². The molecule has 1 N–H and O–H groups in total. The Hall–Kier alpha value is -2.37. The number of aliphatic hydroxyl groups is 1. The van der Waals surface area contributed by atoms with Gasteiger partial charge in [0.2, 0.25) is 0 Å². The van der Waals surface area contributed by atoms with Crippen molar-refractivity contribution in [3.8, 4) is 22.7 Å². The number of rotatable bonds is 7. The summed E-state index contributed by atoms with van der Waals surface area (Å²) < 4.78 is 8.31. The molecule has 0 saturated carbocycles. The molecular weight excluding hydrogens is 350 g/mol. The van der Waals surface area contributed by atoms with Gasteiger partial charge in [0.15, 0.2) is 5.76 Å². The van der Waals surface area contributed by atoms with E-state index in [0.717, 1.165) is 73.9 Å². The lowest BCUT2D eigenvalue weighted by Gasteiger charge is -2.31. The predicted octanol–water partition coefficient (Wildman–Crippen LogP) is 4.08. The number of hydrogen-bond donors (Lipinski definition) is 1. The fourth-order valence-electron chi connectivity index (χ4n) is 4.07. The lowest BCUT2D eigenvalue weighted by molar-refractivity contribution is 0.118. The second-order valence-corrected chi connectivity index (χ2v) is 7.61. The predicted molar refractivity (Wildman–Crippen MR) is 111 cm³/mol. The summed E-state index contributed by atoms with van der Waals surface area (Å²) in [7, 11) is 0. The second-order valence-electron chi connectivity index (χ2n) is 7.61. The SMILES string of the molecule is CCc1ccc(-c2c(-c3ccccc3)ncn2CCN2CCCC(CO)C2)o1. The van der Waals surface area contributed by atoms with Gasteiger partial charge in [0, 0.05) is 38.2 Å². The standard InChI is InChI=1S/C23H29N3O2/c1-2-20-10-11-21(28-20)23-22(19-8-4-3-5-9-19)24-17-26(23)14-13-25-12-6-7-18(15-25)16-27/h3-5,8-11,17-18,27H,2,6-7,12-16H2,1H3. The van der Waals surface area contributed by atoms with Crippen molar-refractivity contribution in [2.45, 2.75) is 32.7 Å². The minimum absolute atomic E-state index is 0.289. The number of aryl methyl sites for hydroxylation is 1. The minimum atomic E-state index is 0.289. The van der Waals surface area contributed by atoms with Crippen molar-refractivity contribution in [1.29, 1.82) is 0 Å². The van der Waals surface area contributed by atoms with Crippen LogP contribution in [0.4, 0.5) is 0 Å². The van der Waals surface area contributed by atoms with Crippen LogP contribution in [0.5, 0.6) is 0 Å². The lowest BCUT2D eigenvalue weighted by Crippen LogP contribution is -2.38. The summed E-state index contributed by atoms with van der Waals surface area (Å²) in [4.78, 5) is 7.19. The molecule has 0 radical (unpaired) electrons. The molecule has 1 unspecified atom stereocenters. The van der Waals surface area contributed by atoms with Gasteiger partial charge in [-0.3, -0.25) is 0 Å². The molecule has 1 aromatic carbocycles. The molecule has 4 rings (SSSR count). The van der Waals surface area contributed by atoms with Crippen molar-refractivity contribution in [3.63, 3.8) is 0 Å². The molecule has 28 heavy (non-hydrogen) atoms. The summed E-state index contributed by atoms with van der Waals surface area (Å²) in [6.07, 6.45) is 5.10. The molecule has 1 fully saturated rings. The first-order chi connectivity index (χ1) is 13.8. The fraction of sp³-hybridized carbons (Fsp3) is 0.435. The average Bonchev–Trinajstić information content (AvgIpc) is 3.39.